The van der Waals surface area contributed by atoms with Gasteiger partial charge in [-0.3, -0.25) is 4.79 Å². The number of benzene rings is 2. The molecule has 2 N–H and O–H groups in total. The molecule has 0 spiro atoms. The van der Waals surface area contributed by atoms with Crippen LogP contribution in [0.2, 0.25) is 0 Å². The quantitative estimate of drug-likeness (QED) is 0.723. The number of aliphatic hydroxyl groups is 1. The Labute approximate surface area is 163 Å². The Hall–Kier alpha value is -2.99. The van der Waals surface area contributed by atoms with Gasteiger partial charge in [-0.2, -0.15) is 0 Å². The fourth-order valence-electron chi connectivity index (χ4n) is 3.41. The number of carbonyl (C=O) groups excluding carboxylic acids is 1. The SMILES string of the molecule is Cc1ccc(-c2nnc(-c3ccc(C(=O)NC4CCC(O)CC4)cc3)o2)cc1. The Kier molecular flexibility index (Phi) is 5.21. The first kappa shape index (κ1) is 18.4. The van der Waals surface area contributed by atoms with Crippen LogP contribution in [-0.4, -0.2) is 33.4 Å². The minimum Gasteiger partial charge on any atom is -0.416 e. The van der Waals surface area contributed by atoms with Crippen molar-refractivity contribution < 1.29 is 14.3 Å². The summed E-state index contributed by atoms with van der Waals surface area (Å²) in [5.41, 5.74) is 3.40. The highest BCUT2D eigenvalue weighted by molar-refractivity contribution is 5.94. The van der Waals surface area contributed by atoms with Crippen LogP contribution in [-0.2, 0) is 0 Å². The van der Waals surface area contributed by atoms with Crippen LogP contribution in [0.25, 0.3) is 22.9 Å². The molecule has 1 amide bonds. The van der Waals surface area contributed by atoms with E-state index in [2.05, 4.69) is 15.5 Å². The summed E-state index contributed by atoms with van der Waals surface area (Å²) in [6.07, 6.45) is 2.88. The van der Waals surface area contributed by atoms with Crippen LogP contribution < -0.4 is 5.32 Å². The molecule has 144 valence electrons. The highest BCUT2D eigenvalue weighted by Crippen LogP contribution is 2.24. The van der Waals surface area contributed by atoms with E-state index in [-0.39, 0.29) is 18.1 Å². The maximum absolute atomic E-state index is 12.4. The van der Waals surface area contributed by atoms with Gasteiger partial charge >= 0.3 is 0 Å². The Morgan fingerprint density at radius 3 is 2.04 bits per heavy atom. The molecule has 1 aliphatic carbocycles. The van der Waals surface area contributed by atoms with Gasteiger partial charge in [-0.25, -0.2) is 0 Å². The largest absolute Gasteiger partial charge is 0.416 e. The molecule has 1 aliphatic rings. The normalized spacial score (nSPS) is 19.4. The summed E-state index contributed by atoms with van der Waals surface area (Å²) < 4.78 is 5.78. The van der Waals surface area contributed by atoms with E-state index in [0.717, 1.165) is 36.8 Å². The lowest BCUT2D eigenvalue weighted by Crippen LogP contribution is -2.38. The van der Waals surface area contributed by atoms with Crippen molar-refractivity contribution in [2.24, 2.45) is 0 Å². The number of hydrogen-bond donors (Lipinski definition) is 2. The highest BCUT2D eigenvalue weighted by atomic mass is 16.4. The number of nitrogens with zero attached hydrogens (tertiary/aromatic N) is 2. The predicted molar refractivity (Wildman–Crippen MR) is 106 cm³/mol. The minimum atomic E-state index is -0.230. The third kappa shape index (κ3) is 4.12. The number of aliphatic hydroxyl groups excluding tert-OH is 1. The van der Waals surface area contributed by atoms with Crippen LogP contribution in [0.4, 0.5) is 0 Å². The van der Waals surface area contributed by atoms with Crippen molar-refractivity contribution in [1.82, 2.24) is 15.5 Å². The van der Waals surface area contributed by atoms with Crippen molar-refractivity contribution in [3.05, 3.63) is 59.7 Å². The van der Waals surface area contributed by atoms with E-state index < -0.39 is 0 Å². The number of rotatable bonds is 4. The number of hydrogen-bond acceptors (Lipinski definition) is 5. The topological polar surface area (TPSA) is 88.2 Å². The molecule has 0 bridgehead atoms. The van der Waals surface area contributed by atoms with E-state index in [1.54, 1.807) is 12.1 Å². The molecule has 0 radical (unpaired) electrons. The Morgan fingerprint density at radius 1 is 0.929 bits per heavy atom. The summed E-state index contributed by atoms with van der Waals surface area (Å²) in [5.74, 6) is 0.791. The standard InChI is InChI=1S/C22H23N3O3/c1-14-2-4-16(5-3-14)21-24-25-22(28-21)17-8-6-15(7-9-17)20(27)23-18-10-12-19(26)13-11-18/h2-9,18-19,26H,10-13H2,1H3,(H,23,27). The molecule has 28 heavy (non-hydrogen) atoms. The van der Waals surface area contributed by atoms with E-state index >= 15 is 0 Å². The second-order valence-electron chi connectivity index (χ2n) is 7.33. The second kappa shape index (κ2) is 7.94. The Bertz CT molecular complexity index is 940. The van der Waals surface area contributed by atoms with Gasteiger partial charge < -0.3 is 14.8 Å². The van der Waals surface area contributed by atoms with Crippen molar-refractivity contribution in [1.29, 1.82) is 0 Å². The summed E-state index contributed by atoms with van der Waals surface area (Å²) in [4.78, 5) is 12.4. The van der Waals surface area contributed by atoms with Crippen molar-refractivity contribution in [2.45, 2.75) is 44.8 Å². The monoisotopic (exact) mass is 377 g/mol. The van der Waals surface area contributed by atoms with Crippen LogP contribution >= 0.6 is 0 Å². The summed E-state index contributed by atoms with van der Waals surface area (Å²) in [5, 5.41) is 20.9. The summed E-state index contributed by atoms with van der Waals surface area (Å²) in [7, 11) is 0. The van der Waals surface area contributed by atoms with Crippen LogP contribution in [0.3, 0.4) is 0 Å². The molecule has 0 saturated heterocycles. The van der Waals surface area contributed by atoms with E-state index in [1.807, 2.05) is 43.3 Å². The molecular weight excluding hydrogens is 354 g/mol. The number of nitrogens with one attached hydrogen (secondary N) is 1. The molecule has 1 aromatic heterocycles. The third-order valence-corrected chi connectivity index (χ3v) is 5.15. The molecule has 0 aliphatic heterocycles. The van der Waals surface area contributed by atoms with Gasteiger partial charge in [0.2, 0.25) is 11.8 Å². The van der Waals surface area contributed by atoms with E-state index in [9.17, 15) is 9.90 Å². The zero-order valence-corrected chi connectivity index (χ0v) is 15.8. The number of amides is 1. The molecule has 1 fully saturated rings. The molecule has 3 aromatic rings. The zero-order valence-electron chi connectivity index (χ0n) is 15.8. The molecular formula is C22H23N3O3. The van der Waals surface area contributed by atoms with E-state index in [1.165, 1.54) is 5.56 Å². The van der Waals surface area contributed by atoms with Gasteiger partial charge in [-0.1, -0.05) is 17.7 Å². The number of aryl methyl sites for hydroxylation is 1. The Morgan fingerprint density at radius 2 is 1.46 bits per heavy atom. The van der Waals surface area contributed by atoms with Gasteiger partial charge in [-0.05, 0) is 69.0 Å². The van der Waals surface area contributed by atoms with Gasteiger partial charge in [0.25, 0.3) is 5.91 Å². The van der Waals surface area contributed by atoms with Crippen molar-refractivity contribution in [3.63, 3.8) is 0 Å². The summed E-state index contributed by atoms with van der Waals surface area (Å²) >= 11 is 0. The molecule has 6 nitrogen and oxygen atoms in total. The number of aromatic nitrogens is 2. The maximum Gasteiger partial charge on any atom is 0.251 e. The van der Waals surface area contributed by atoms with Gasteiger partial charge in [0, 0.05) is 22.7 Å². The van der Waals surface area contributed by atoms with Crippen LogP contribution in [0.1, 0.15) is 41.6 Å². The van der Waals surface area contributed by atoms with Crippen molar-refractivity contribution in [2.75, 3.05) is 0 Å². The molecule has 1 heterocycles. The first-order chi connectivity index (χ1) is 13.6. The highest BCUT2D eigenvalue weighted by Gasteiger charge is 2.21. The molecule has 2 aromatic carbocycles. The van der Waals surface area contributed by atoms with E-state index in [4.69, 9.17) is 4.42 Å². The first-order valence-electron chi connectivity index (χ1n) is 9.58. The molecule has 6 heteroatoms. The average Bonchev–Trinajstić information content (AvgIpc) is 3.20. The van der Waals surface area contributed by atoms with Gasteiger partial charge in [0.1, 0.15) is 0 Å². The number of carbonyl (C=O) groups is 1. The predicted octanol–water partition coefficient (Wildman–Crippen LogP) is 3.75. The fraction of sp³-hybridized carbons (Fsp3) is 0.318. The maximum atomic E-state index is 12.4. The van der Waals surface area contributed by atoms with Gasteiger partial charge in [0.15, 0.2) is 0 Å². The lowest BCUT2D eigenvalue weighted by atomic mass is 9.93. The first-order valence-corrected chi connectivity index (χ1v) is 9.58. The minimum absolute atomic E-state index is 0.0983. The van der Waals surface area contributed by atoms with Gasteiger partial charge in [0.05, 0.1) is 6.10 Å². The molecule has 0 atom stereocenters. The Balaban J connectivity index is 1.43. The average molecular weight is 377 g/mol. The van der Waals surface area contributed by atoms with Crippen molar-refractivity contribution in [3.8, 4) is 22.9 Å². The molecule has 1 saturated carbocycles. The van der Waals surface area contributed by atoms with Crippen LogP contribution in [0.15, 0.2) is 52.9 Å². The summed E-state index contributed by atoms with van der Waals surface area (Å²) in [6, 6.07) is 15.2. The lowest BCUT2D eigenvalue weighted by molar-refractivity contribution is 0.0867. The third-order valence-electron chi connectivity index (χ3n) is 5.15. The second-order valence-corrected chi connectivity index (χ2v) is 7.33. The van der Waals surface area contributed by atoms with Crippen molar-refractivity contribution >= 4 is 5.91 Å². The molecule has 4 rings (SSSR count). The smallest absolute Gasteiger partial charge is 0.251 e. The van der Waals surface area contributed by atoms with Crippen LogP contribution in [0.5, 0.6) is 0 Å². The summed E-state index contributed by atoms with van der Waals surface area (Å²) in [6.45, 7) is 2.03. The van der Waals surface area contributed by atoms with E-state index in [0.29, 0.717) is 17.3 Å². The van der Waals surface area contributed by atoms with Crippen LogP contribution in [0, 0.1) is 6.92 Å². The zero-order chi connectivity index (χ0) is 19.5. The van der Waals surface area contributed by atoms with Gasteiger partial charge in [-0.15, -0.1) is 10.2 Å². The fourth-order valence-corrected chi connectivity index (χ4v) is 3.41. The molecule has 0 unspecified atom stereocenters. The lowest BCUT2D eigenvalue weighted by Gasteiger charge is -2.26.